The third kappa shape index (κ3) is 1.18. The summed E-state index contributed by atoms with van der Waals surface area (Å²) in [6.07, 6.45) is 3.15. The predicted octanol–water partition coefficient (Wildman–Crippen LogP) is 0.531. The van der Waals surface area contributed by atoms with Crippen LogP contribution in [0.2, 0.25) is 0 Å². The van der Waals surface area contributed by atoms with E-state index in [2.05, 4.69) is 4.98 Å². The summed E-state index contributed by atoms with van der Waals surface area (Å²) in [5.74, 6) is 2.09. The van der Waals surface area contributed by atoms with Crippen LogP contribution in [0.25, 0.3) is 0 Å². The first-order valence-corrected chi connectivity index (χ1v) is 4.63. The predicted molar refractivity (Wildman–Crippen MR) is 44.9 cm³/mol. The highest BCUT2D eigenvalue weighted by Crippen LogP contribution is 2.27. The topological polar surface area (TPSA) is 34.9 Å². The van der Waals surface area contributed by atoms with Gasteiger partial charge in [-0.2, -0.15) is 11.8 Å². The minimum atomic E-state index is 0.0605. The van der Waals surface area contributed by atoms with Gasteiger partial charge in [-0.1, -0.05) is 0 Å². The summed E-state index contributed by atoms with van der Waals surface area (Å²) in [5, 5.41) is 0. The molecule has 11 heavy (non-hydrogen) atoms. The van der Waals surface area contributed by atoms with E-state index in [0.717, 1.165) is 11.5 Å². The summed E-state index contributed by atoms with van der Waals surface area (Å²) in [7, 11) is 0. The molecule has 2 heterocycles. The molecule has 1 aliphatic rings. The average molecular weight is 168 g/mol. The Kier molecular flexibility index (Phi) is 1.69. The van der Waals surface area contributed by atoms with Gasteiger partial charge in [-0.25, -0.2) is 4.98 Å². The lowest BCUT2D eigenvalue weighted by atomic mass is 10.3. The van der Waals surface area contributed by atoms with E-state index in [9.17, 15) is 4.79 Å². The average Bonchev–Trinajstić information content (AvgIpc) is 1.90. The molecule has 0 bridgehead atoms. The maximum atomic E-state index is 11.2. The summed E-state index contributed by atoms with van der Waals surface area (Å²) in [6.45, 7) is 0. The minimum Gasteiger partial charge on any atom is -0.294 e. The molecular weight excluding hydrogens is 160 g/mol. The van der Waals surface area contributed by atoms with E-state index in [1.54, 1.807) is 10.9 Å². The van der Waals surface area contributed by atoms with Crippen molar-refractivity contribution in [2.75, 3.05) is 11.5 Å². The molecule has 1 aliphatic heterocycles. The Labute approximate surface area is 68.5 Å². The van der Waals surface area contributed by atoms with Crippen molar-refractivity contribution in [3.63, 3.8) is 0 Å². The van der Waals surface area contributed by atoms with Crippen LogP contribution in [0, 0.1) is 0 Å². The number of hydrogen-bond donors (Lipinski definition) is 0. The Morgan fingerprint density at radius 1 is 1.64 bits per heavy atom. The van der Waals surface area contributed by atoms with Crippen LogP contribution < -0.4 is 5.56 Å². The van der Waals surface area contributed by atoms with Gasteiger partial charge >= 0.3 is 0 Å². The molecule has 1 saturated heterocycles. The van der Waals surface area contributed by atoms with Crippen LogP contribution in [0.3, 0.4) is 0 Å². The van der Waals surface area contributed by atoms with Gasteiger partial charge in [0.2, 0.25) is 0 Å². The zero-order valence-electron chi connectivity index (χ0n) is 5.93. The first kappa shape index (κ1) is 6.91. The van der Waals surface area contributed by atoms with Crippen LogP contribution in [0.5, 0.6) is 0 Å². The number of hydrogen-bond acceptors (Lipinski definition) is 3. The third-order valence-electron chi connectivity index (χ3n) is 1.76. The third-order valence-corrected chi connectivity index (χ3v) is 3.00. The van der Waals surface area contributed by atoms with Crippen molar-refractivity contribution in [3.05, 3.63) is 28.9 Å². The molecule has 3 nitrogen and oxygen atoms in total. The summed E-state index contributed by atoms with van der Waals surface area (Å²) in [6, 6.07) is 1.89. The Hall–Kier alpha value is -0.770. The van der Waals surface area contributed by atoms with Crippen molar-refractivity contribution in [2.45, 2.75) is 6.04 Å². The van der Waals surface area contributed by atoms with Crippen LogP contribution in [-0.2, 0) is 0 Å². The Morgan fingerprint density at radius 2 is 2.45 bits per heavy atom. The normalized spacial score (nSPS) is 17.8. The summed E-state index contributed by atoms with van der Waals surface area (Å²) in [4.78, 5) is 15.1. The number of nitrogens with zero attached hydrogens (tertiary/aromatic N) is 2. The minimum absolute atomic E-state index is 0.0605. The highest BCUT2D eigenvalue weighted by molar-refractivity contribution is 8.00. The molecule has 2 rings (SSSR count). The van der Waals surface area contributed by atoms with Gasteiger partial charge in [-0.15, -0.1) is 0 Å². The van der Waals surface area contributed by atoms with E-state index in [1.165, 1.54) is 12.3 Å². The van der Waals surface area contributed by atoms with Gasteiger partial charge in [0, 0.05) is 23.8 Å². The van der Waals surface area contributed by atoms with E-state index < -0.39 is 0 Å². The van der Waals surface area contributed by atoms with Crippen molar-refractivity contribution in [1.29, 1.82) is 0 Å². The summed E-state index contributed by atoms with van der Waals surface area (Å²) >= 11 is 1.86. The van der Waals surface area contributed by atoms with Crippen LogP contribution in [0.4, 0.5) is 0 Å². The van der Waals surface area contributed by atoms with Gasteiger partial charge in [0.05, 0.1) is 12.4 Å². The fraction of sp³-hybridized carbons (Fsp3) is 0.429. The molecule has 0 saturated carbocycles. The molecule has 0 atom stereocenters. The van der Waals surface area contributed by atoms with Gasteiger partial charge in [0.15, 0.2) is 0 Å². The molecule has 1 fully saturated rings. The largest absolute Gasteiger partial charge is 0.294 e. The molecule has 0 N–H and O–H groups in total. The first-order valence-electron chi connectivity index (χ1n) is 3.48. The molecular formula is C7H8N2OS. The maximum Gasteiger partial charge on any atom is 0.253 e. The molecule has 0 unspecified atom stereocenters. The second-order valence-electron chi connectivity index (χ2n) is 2.52. The van der Waals surface area contributed by atoms with Crippen LogP contribution in [0.15, 0.2) is 23.4 Å². The summed E-state index contributed by atoms with van der Waals surface area (Å²) in [5.41, 5.74) is 0.0605. The van der Waals surface area contributed by atoms with E-state index >= 15 is 0 Å². The van der Waals surface area contributed by atoms with Crippen molar-refractivity contribution in [3.8, 4) is 0 Å². The Balaban J connectivity index is 2.36. The van der Waals surface area contributed by atoms with Gasteiger partial charge in [-0.3, -0.25) is 9.36 Å². The maximum absolute atomic E-state index is 11.2. The second kappa shape index (κ2) is 2.70. The smallest absolute Gasteiger partial charge is 0.253 e. The van der Waals surface area contributed by atoms with Gasteiger partial charge < -0.3 is 0 Å². The van der Waals surface area contributed by atoms with Gasteiger partial charge in [-0.05, 0) is 0 Å². The SMILES string of the molecule is O=c1ccncn1C1CSC1. The Morgan fingerprint density at radius 3 is 3.00 bits per heavy atom. The molecule has 58 valence electrons. The standard InChI is InChI=1S/C7H8N2OS/c10-7-1-2-8-5-9(7)6-3-11-4-6/h1-2,5-6H,3-4H2. The lowest BCUT2D eigenvalue weighted by molar-refractivity contribution is 0.561. The quantitative estimate of drug-likeness (QED) is 0.613. The molecule has 0 aliphatic carbocycles. The van der Waals surface area contributed by atoms with Gasteiger partial charge in [0.1, 0.15) is 0 Å². The van der Waals surface area contributed by atoms with Crippen molar-refractivity contribution < 1.29 is 0 Å². The number of rotatable bonds is 1. The highest BCUT2D eigenvalue weighted by atomic mass is 32.2. The van der Waals surface area contributed by atoms with Gasteiger partial charge in [0.25, 0.3) is 5.56 Å². The van der Waals surface area contributed by atoms with E-state index in [4.69, 9.17) is 0 Å². The lowest BCUT2D eigenvalue weighted by Gasteiger charge is -2.26. The van der Waals surface area contributed by atoms with Crippen LogP contribution >= 0.6 is 11.8 Å². The summed E-state index contributed by atoms with van der Waals surface area (Å²) < 4.78 is 1.70. The van der Waals surface area contributed by atoms with Crippen molar-refractivity contribution in [2.24, 2.45) is 0 Å². The van der Waals surface area contributed by atoms with E-state index in [1.807, 2.05) is 11.8 Å². The first-order chi connectivity index (χ1) is 5.38. The highest BCUT2D eigenvalue weighted by Gasteiger charge is 2.20. The number of thioether (sulfide) groups is 1. The molecule has 1 aromatic heterocycles. The zero-order chi connectivity index (χ0) is 7.68. The molecule has 0 spiro atoms. The second-order valence-corrected chi connectivity index (χ2v) is 3.59. The fourth-order valence-corrected chi connectivity index (χ4v) is 1.79. The molecule has 0 aromatic carbocycles. The Bertz CT molecular complexity index is 305. The van der Waals surface area contributed by atoms with E-state index in [-0.39, 0.29) is 5.56 Å². The van der Waals surface area contributed by atoms with Crippen LogP contribution in [-0.4, -0.2) is 21.1 Å². The molecule has 0 amide bonds. The fourth-order valence-electron chi connectivity index (χ4n) is 1.02. The van der Waals surface area contributed by atoms with Crippen molar-refractivity contribution in [1.82, 2.24) is 9.55 Å². The van der Waals surface area contributed by atoms with Crippen LogP contribution in [0.1, 0.15) is 6.04 Å². The molecule has 4 heteroatoms. The van der Waals surface area contributed by atoms with E-state index in [0.29, 0.717) is 6.04 Å². The molecule has 1 aromatic rings. The number of aromatic nitrogens is 2. The van der Waals surface area contributed by atoms with Crippen molar-refractivity contribution >= 4 is 11.8 Å². The zero-order valence-corrected chi connectivity index (χ0v) is 6.75. The lowest BCUT2D eigenvalue weighted by Crippen LogP contribution is -2.31. The monoisotopic (exact) mass is 168 g/mol. The molecule has 0 radical (unpaired) electrons.